The lowest BCUT2D eigenvalue weighted by Gasteiger charge is -2.55. The molecule has 3 saturated carbocycles. The molecule has 57 heavy (non-hydrogen) atoms. The average molecular weight is 815 g/mol. The highest BCUT2D eigenvalue weighted by atomic mass is 16.7. The Bertz CT molecular complexity index is 1390. The second kappa shape index (κ2) is 19.2. The van der Waals surface area contributed by atoms with Crippen LogP contribution in [0.15, 0.2) is 0 Å². The fraction of sp³-hybridized carbons (Fsp3) is 0.923. The van der Waals surface area contributed by atoms with E-state index in [1.165, 1.54) is 7.11 Å². The molecule has 18 heteroatoms. The van der Waals surface area contributed by atoms with Gasteiger partial charge in [0.2, 0.25) is 0 Å². The van der Waals surface area contributed by atoms with Crippen molar-refractivity contribution in [3.63, 3.8) is 0 Å². The van der Waals surface area contributed by atoms with Crippen LogP contribution < -0.4 is 38.1 Å². The maximum atomic E-state index is 14.9. The van der Waals surface area contributed by atoms with Crippen molar-refractivity contribution in [1.29, 1.82) is 0 Å². The van der Waals surface area contributed by atoms with Gasteiger partial charge in [-0.1, -0.05) is 0 Å². The van der Waals surface area contributed by atoms with E-state index in [1.54, 1.807) is 7.05 Å². The zero-order valence-corrected chi connectivity index (χ0v) is 33.6. The van der Waals surface area contributed by atoms with E-state index in [0.717, 1.165) is 51.6 Å². The highest BCUT2D eigenvalue weighted by Crippen LogP contribution is 2.53. The molecule has 0 amide bonds. The first kappa shape index (κ1) is 44.6. The minimum absolute atomic E-state index is 0.0361. The molecule has 6 fully saturated rings. The molecule has 6 aliphatic rings. The third-order valence-corrected chi connectivity index (χ3v) is 14.9. The van der Waals surface area contributed by atoms with Crippen molar-refractivity contribution in [2.75, 3.05) is 47.0 Å². The smallest absolute Gasteiger partial charge is 0.340 e. The summed E-state index contributed by atoms with van der Waals surface area (Å²) in [7, 11) is 3.13. The Morgan fingerprint density at radius 2 is 1.67 bits per heavy atom. The molecule has 3 aliphatic heterocycles. The zero-order chi connectivity index (χ0) is 41.2. The fourth-order valence-corrected chi connectivity index (χ4v) is 11.5. The van der Waals surface area contributed by atoms with Gasteiger partial charge >= 0.3 is 5.96 Å². The highest BCUT2D eigenvalue weighted by molar-refractivity contribution is 6.01. The number of fused-ring (bicyclic) bond motifs is 2. The predicted octanol–water partition coefficient (Wildman–Crippen LogP) is -7.13. The number of aliphatic hydroxyl groups is 6. The lowest BCUT2D eigenvalue weighted by atomic mass is 9.51. The van der Waals surface area contributed by atoms with Gasteiger partial charge in [-0.3, -0.25) is 37.1 Å². The molecule has 0 aromatic rings. The summed E-state index contributed by atoms with van der Waals surface area (Å²) in [6, 6.07) is 0. The molecule has 326 valence electrons. The number of aliphatic hydroxyl groups excluding tert-OH is 5. The fourth-order valence-electron chi connectivity index (χ4n) is 11.5. The topological polar surface area (TPSA) is 320 Å². The van der Waals surface area contributed by atoms with Crippen LogP contribution in [0.2, 0.25) is 0 Å². The molecule has 0 bridgehead atoms. The van der Waals surface area contributed by atoms with Crippen molar-refractivity contribution in [1.82, 2.24) is 5.32 Å². The largest absolute Gasteiger partial charge is 0.396 e. The number of methoxy groups -OCH3 is 1. The summed E-state index contributed by atoms with van der Waals surface area (Å²) in [6.07, 6.45) is -3.33. The van der Waals surface area contributed by atoms with E-state index in [2.05, 4.69) is 20.9 Å². The third-order valence-electron chi connectivity index (χ3n) is 14.9. The third kappa shape index (κ3) is 9.23. The second-order valence-electron chi connectivity index (χ2n) is 18.1. The Hall–Kier alpha value is -1.91. The SMILES string of the molecule is C[NH+]=C(N)NCC1C(CCC2CCC(N)[NH2+]C2)CC2C(=O)C3C(CO)C(OC)CC(OC4OC(CO)C(O)(CCC5CC[NH2+]C(N)C5)C(O)C4O)C3C(=O)C2C1O. The Balaban J connectivity index is 1.23. The maximum Gasteiger partial charge on any atom is 0.340 e. The number of nitrogens with two attached hydrogens (primary N) is 5. The van der Waals surface area contributed by atoms with Crippen LogP contribution >= 0.6 is 0 Å². The van der Waals surface area contributed by atoms with E-state index in [4.69, 9.17) is 31.4 Å². The number of rotatable bonds is 13. The Morgan fingerprint density at radius 3 is 2.32 bits per heavy atom. The van der Waals surface area contributed by atoms with Crippen molar-refractivity contribution in [2.24, 2.45) is 70.5 Å². The van der Waals surface area contributed by atoms with Crippen molar-refractivity contribution >= 4 is 17.5 Å². The van der Waals surface area contributed by atoms with E-state index in [9.17, 15) is 40.2 Å². The number of hydrogen-bond acceptors (Lipinski definition) is 13. The van der Waals surface area contributed by atoms with Crippen molar-refractivity contribution in [3.05, 3.63) is 0 Å². The van der Waals surface area contributed by atoms with Gasteiger partial charge < -0.3 is 55.5 Å². The number of guanidine groups is 1. The quantitative estimate of drug-likeness (QED) is 0.0607. The molecule has 3 saturated heterocycles. The minimum atomic E-state index is -2.00. The Labute approximate surface area is 335 Å². The molecule has 0 radical (unpaired) electrons. The lowest BCUT2D eigenvalue weighted by molar-refractivity contribution is -0.703. The zero-order valence-electron chi connectivity index (χ0n) is 33.6. The number of ketones is 2. The summed E-state index contributed by atoms with van der Waals surface area (Å²) in [6.45, 7) is 0.917. The summed E-state index contributed by atoms with van der Waals surface area (Å²) >= 11 is 0. The summed E-state index contributed by atoms with van der Waals surface area (Å²) in [5.74, 6) is -4.88. The summed E-state index contributed by atoms with van der Waals surface area (Å²) in [5.41, 5.74) is 16.3. The average Bonchev–Trinajstić information content (AvgIpc) is 3.20. The number of nitrogens with one attached hydrogen (secondary N) is 2. The van der Waals surface area contributed by atoms with E-state index >= 15 is 0 Å². The van der Waals surface area contributed by atoms with Gasteiger partial charge in [-0.25, -0.2) is 0 Å². The first-order chi connectivity index (χ1) is 27.3. The van der Waals surface area contributed by atoms with Crippen molar-refractivity contribution in [2.45, 2.75) is 125 Å². The summed E-state index contributed by atoms with van der Waals surface area (Å²) in [5, 5.41) is 75.3. The molecule has 0 aromatic carbocycles. The Morgan fingerprint density at radius 1 is 0.895 bits per heavy atom. The number of quaternary nitrogens is 2. The van der Waals surface area contributed by atoms with Crippen molar-refractivity contribution in [3.8, 4) is 0 Å². The first-order valence-corrected chi connectivity index (χ1v) is 21.4. The van der Waals surface area contributed by atoms with Crippen LogP contribution in [0.3, 0.4) is 0 Å². The highest BCUT2D eigenvalue weighted by Gasteiger charge is 2.64. The van der Waals surface area contributed by atoms with E-state index in [1.807, 2.05) is 0 Å². The van der Waals surface area contributed by atoms with Gasteiger partial charge in [0, 0.05) is 62.6 Å². The molecular formula is C39H72N7O11+3. The van der Waals surface area contributed by atoms with Crippen LogP contribution in [0, 0.1) is 53.3 Å². The van der Waals surface area contributed by atoms with Crippen LogP contribution in [-0.4, -0.2) is 156 Å². The number of carbonyl (C=O) groups excluding carboxylic acids is 2. The standard InChI is InChI=1S/C39H69N7O11/c1-43-38(42)46-15-22-20(5-3-19-4-6-27(40)45-14-19)12-21-30(33(22)50)34(51)31-25(13-24(55-2)23(16-47)29(31)32(21)49)56-37-35(52)36(53)39(54,26(17-48)57-37)9-7-18-8-10-44-28(41)11-18/h18-31,33,35-37,44-45,47-48,50,52-54H,3-17,40-41H2,1-2H3,(H3,42,43,46)/p+3. The molecule has 0 spiro atoms. The minimum Gasteiger partial charge on any atom is -0.396 e. The maximum absolute atomic E-state index is 14.9. The second-order valence-corrected chi connectivity index (χ2v) is 18.1. The van der Waals surface area contributed by atoms with Gasteiger partial charge in [0.15, 0.2) is 6.29 Å². The predicted molar refractivity (Wildman–Crippen MR) is 203 cm³/mol. The Kier molecular flexibility index (Phi) is 15.0. The number of piperidine rings is 2. The van der Waals surface area contributed by atoms with Gasteiger partial charge in [0.25, 0.3) is 0 Å². The molecule has 6 rings (SSSR count). The molecule has 18 nitrogen and oxygen atoms in total. The van der Waals surface area contributed by atoms with Crippen LogP contribution in [0.1, 0.15) is 64.2 Å². The molecule has 19 unspecified atom stereocenters. The van der Waals surface area contributed by atoms with Crippen LogP contribution in [0.5, 0.6) is 0 Å². The van der Waals surface area contributed by atoms with E-state index in [-0.39, 0.29) is 55.1 Å². The van der Waals surface area contributed by atoms with Crippen molar-refractivity contribution < 1.29 is 70.1 Å². The van der Waals surface area contributed by atoms with Gasteiger partial charge in [-0.05, 0) is 56.8 Å². The van der Waals surface area contributed by atoms with Crippen LogP contribution in [-0.2, 0) is 23.8 Å². The summed E-state index contributed by atoms with van der Waals surface area (Å²) < 4.78 is 18.2. The first-order valence-electron chi connectivity index (χ1n) is 21.4. The summed E-state index contributed by atoms with van der Waals surface area (Å²) in [4.78, 5) is 32.6. The molecule has 0 aromatic heterocycles. The van der Waals surface area contributed by atoms with Gasteiger partial charge in [0.05, 0.1) is 63.4 Å². The van der Waals surface area contributed by atoms with Crippen LogP contribution in [0.25, 0.3) is 0 Å². The number of hydrogen-bond donors (Lipinski definition) is 13. The normalized spacial score (nSPS) is 46.9. The molecule has 19 atom stereocenters. The number of Topliss-reactive ketones (excluding diaryl/α,β-unsaturated/α-hetero) is 2. The van der Waals surface area contributed by atoms with E-state index < -0.39 is 97.2 Å². The molecular weight excluding hydrogens is 742 g/mol. The number of carbonyl (C=O) groups is 2. The lowest BCUT2D eigenvalue weighted by Crippen LogP contribution is -2.95. The molecule has 3 aliphatic carbocycles. The van der Waals surface area contributed by atoms with Gasteiger partial charge in [0.1, 0.15) is 47.8 Å². The molecule has 3 heterocycles. The molecule has 18 N–H and O–H groups in total. The monoisotopic (exact) mass is 815 g/mol. The van der Waals surface area contributed by atoms with Gasteiger partial charge in [-0.15, -0.1) is 0 Å². The van der Waals surface area contributed by atoms with Gasteiger partial charge in [-0.2, -0.15) is 0 Å². The van der Waals surface area contributed by atoms with E-state index in [0.29, 0.717) is 24.7 Å². The van der Waals surface area contributed by atoms with Crippen LogP contribution in [0.4, 0.5) is 0 Å². The number of ether oxygens (including phenoxy) is 3.